The van der Waals surface area contributed by atoms with E-state index in [2.05, 4.69) is 42.3 Å². The quantitative estimate of drug-likeness (QED) is 0.680. The van der Waals surface area contributed by atoms with Gasteiger partial charge in [-0.3, -0.25) is 4.79 Å². The zero-order chi connectivity index (χ0) is 17.8. The average molecular weight is 356 g/mol. The molecule has 0 radical (unpaired) electrons. The van der Waals surface area contributed by atoms with E-state index in [1.807, 2.05) is 18.2 Å². The molecule has 5 heteroatoms. The van der Waals surface area contributed by atoms with E-state index in [0.717, 1.165) is 43.2 Å². The summed E-state index contributed by atoms with van der Waals surface area (Å²) in [5.74, 6) is -0.363. The minimum Gasteiger partial charge on any atom is -0.383 e. The lowest BCUT2D eigenvalue weighted by molar-refractivity contribution is 0.0997. The highest BCUT2D eigenvalue weighted by molar-refractivity contribution is 7.99. The van der Waals surface area contributed by atoms with Crippen molar-refractivity contribution in [2.45, 2.75) is 30.1 Å². The molecule has 4 nitrogen and oxygen atoms in total. The fourth-order valence-corrected chi connectivity index (χ4v) is 4.44. The summed E-state index contributed by atoms with van der Waals surface area (Å²) in [6.45, 7) is 8.36. The zero-order valence-corrected chi connectivity index (χ0v) is 15.7. The Morgan fingerprint density at radius 1 is 1.20 bits per heavy atom. The summed E-state index contributed by atoms with van der Waals surface area (Å²) in [5, 5.41) is 3.56. The van der Waals surface area contributed by atoms with Crippen molar-refractivity contribution >= 4 is 23.4 Å². The summed E-state index contributed by atoms with van der Waals surface area (Å²) in [4.78, 5) is 16.5. The summed E-state index contributed by atoms with van der Waals surface area (Å²) in [5.41, 5.74) is 9.80. The Balaban J connectivity index is 1.88. The summed E-state index contributed by atoms with van der Waals surface area (Å²) in [7, 11) is 0. The SMILES string of the molecule is CCN(CC)CCNc1ccc(C(N)=O)c2c1Cc1ccccc1S2. The van der Waals surface area contributed by atoms with Crippen LogP contribution in [0.4, 0.5) is 5.69 Å². The van der Waals surface area contributed by atoms with E-state index in [1.54, 1.807) is 11.8 Å². The van der Waals surface area contributed by atoms with Gasteiger partial charge in [0.1, 0.15) is 0 Å². The van der Waals surface area contributed by atoms with Crippen LogP contribution in [-0.4, -0.2) is 37.0 Å². The van der Waals surface area contributed by atoms with Crippen molar-refractivity contribution in [2.75, 3.05) is 31.5 Å². The molecule has 0 bridgehead atoms. The number of nitrogens with zero attached hydrogens (tertiary/aromatic N) is 1. The van der Waals surface area contributed by atoms with Gasteiger partial charge in [0.2, 0.25) is 5.91 Å². The van der Waals surface area contributed by atoms with Crippen LogP contribution >= 0.6 is 11.8 Å². The minimum atomic E-state index is -0.363. The van der Waals surface area contributed by atoms with Crippen molar-refractivity contribution in [3.63, 3.8) is 0 Å². The maximum Gasteiger partial charge on any atom is 0.249 e. The number of nitrogens with two attached hydrogens (primary N) is 1. The summed E-state index contributed by atoms with van der Waals surface area (Å²) in [6, 6.07) is 12.2. The molecule has 0 aromatic heterocycles. The van der Waals surface area contributed by atoms with E-state index >= 15 is 0 Å². The number of fused-ring (bicyclic) bond motifs is 2. The Bertz CT molecular complexity index is 772. The van der Waals surface area contributed by atoms with Crippen molar-refractivity contribution in [1.82, 2.24) is 4.90 Å². The normalized spacial score (nSPS) is 12.6. The minimum absolute atomic E-state index is 0.363. The number of carbonyl (C=O) groups excluding carboxylic acids is 1. The third-order valence-electron chi connectivity index (χ3n) is 4.72. The third kappa shape index (κ3) is 3.83. The van der Waals surface area contributed by atoms with E-state index < -0.39 is 0 Å². The second-order valence-corrected chi connectivity index (χ2v) is 7.23. The first-order valence-electron chi connectivity index (χ1n) is 8.81. The van der Waals surface area contributed by atoms with Crippen LogP contribution < -0.4 is 11.1 Å². The molecule has 0 unspecified atom stereocenters. The highest BCUT2D eigenvalue weighted by Crippen LogP contribution is 2.44. The van der Waals surface area contributed by atoms with Gasteiger partial charge in [0.25, 0.3) is 0 Å². The smallest absolute Gasteiger partial charge is 0.249 e. The molecular weight excluding hydrogens is 330 g/mol. The molecule has 0 atom stereocenters. The number of likely N-dealkylation sites (N-methyl/N-ethyl adjacent to an activating group) is 1. The number of amides is 1. The number of hydrogen-bond donors (Lipinski definition) is 2. The number of benzene rings is 2. The van der Waals surface area contributed by atoms with E-state index in [-0.39, 0.29) is 5.91 Å². The monoisotopic (exact) mass is 355 g/mol. The first-order chi connectivity index (χ1) is 12.1. The first kappa shape index (κ1) is 17.8. The molecule has 132 valence electrons. The van der Waals surface area contributed by atoms with Gasteiger partial charge in [0, 0.05) is 35.0 Å². The Kier molecular flexibility index (Phi) is 5.66. The van der Waals surface area contributed by atoms with Crippen LogP contribution in [0, 0.1) is 0 Å². The molecule has 0 fully saturated rings. The molecule has 1 heterocycles. The van der Waals surface area contributed by atoms with Gasteiger partial charge in [-0.25, -0.2) is 0 Å². The third-order valence-corrected chi connectivity index (χ3v) is 6.00. The molecule has 1 aliphatic heterocycles. The molecule has 0 aliphatic carbocycles. The van der Waals surface area contributed by atoms with E-state index in [4.69, 9.17) is 5.73 Å². The van der Waals surface area contributed by atoms with Crippen LogP contribution in [0.5, 0.6) is 0 Å². The van der Waals surface area contributed by atoms with E-state index in [0.29, 0.717) is 5.56 Å². The van der Waals surface area contributed by atoms with Gasteiger partial charge >= 0.3 is 0 Å². The van der Waals surface area contributed by atoms with Crippen LogP contribution in [0.2, 0.25) is 0 Å². The number of rotatable bonds is 7. The Morgan fingerprint density at radius 3 is 2.68 bits per heavy atom. The van der Waals surface area contributed by atoms with E-state index in [1.165, 1.54) is 16.0 Å². The molecule has 3 rings (SSSR count). The number of carbonyl (C=O) groups is 1. The van der Waals surface area contributed by atoms with Crippen molar-refractivity contribution in [1.29, 1.82) is 0 Å². The van der Waals surface area contributed by atoms with Crippen molar-refractivity contribution in [2.24, 2.45) is 5.73 Å². The van der Waals surface area contributed by atoms with Gasteiger partial charge in [-0.1, -0.05) is 43.8 Å². The van der Waals surface area contributed by atoms with Gasteiger partial charge in [-0.15, -0.1) is 0 Å². The lowest BCUT2D eigenvalue weighted by atomic mass is 9.99. The second-order valence-electron chi connectivity index (χ2n) is 6.17. The number of primary amides is 1. The van der Waals surface area contributed by atoms with Crippen molar-refractivity contribution < 1.29 is 4.79 Å². The van der Waals surface area contributed by atoms with Crippen LogP contribution in [0.15, 0.2) is 46.2 Å². The summed E-state index contributed by atoms with van der Waals surface area (Å²) >= 11 is 1.65. The Morgan fingerprint density at radius 2 is 1.96 bits per heavy atom. The van der Waals surface area contributed by atoms with Gasteiger partial charge in [0.15, 0.2) is 0 Å². The fourth-order valence-electron chi connectivity index (χ4n) is 3.22. The average Bonchev–Trinajstić information content (AvgIpc) is 2.63. The number of anilines is 1. The standard InChI is InChI=1S/C20H25N3OS/c1-3-23(4-2)12-11-22-17-10-9-15(20(21)24)19-16(17)13-14-7-5-6-8-18(14)25-19/h5-10,22H,3-4,11-13H2,1-2H3,(H2,21,24). The largest absolute Gasteiger partial charge is 0.383 e. The molecule has 25 heavy (non-hydrogen) atoms. The van der Waals surface area contributed by atoms with Crippen LogP contribution in [0.3, 0.4) is 0 Å². The Hall–Kier alpha value is -1.98. The maximum atomic E-state index is 11.9. The summed E-state index contributed by atoms with van der Waals surface area (Å²) < 4.78 is 0. The summed E-state index contributed by atoms with van der Waals surface area (Å²) in [6.07, 6.45) is 0.827. The predicted molar refractivity (Wildman–Crippen MR) is 105 cm³/mol. The van der Waals surface area contributed by atoms with Gasteiger partial charge in [0.05, 0.1) is 5.56 Å². The molecular formula is C20H25N3OS. The van der Waals surface area contributed by atoms with Gasteiger partial charge in [-0.2, -0.15) is 0 Å². The molecule has 3 N–H and O–H groups in total. The highest BCUT2D eigenvalue weighted by Gasteiger charge is 2.23. The number of nitrogens with one attached hydrogen (secondary N) is 1. The lowest BCUT2D eigenvalue weighted by Crippen LogP contribution is -2.29. The molecule has 0 spiro atoms. The Labute approximate surface area is 153 Å². The van der Waals surface area contributed by atoms with Crippen LogP contribution in [0.1, 0.15) is 35.3 Å². The molecule has 0 saturated carbocycles. The lowest BCUT2D eigenvalue weighted by Gasteiger charge is -2.25. The zero-order valence-electron chi connectivity index (χ0n) is 14.8. The number of hydrogen-bond acceptors (Lipinski definition) is 4. The second kappa shape index (κ2) is 7.93. The van der Waals surface area contributed by atoms with Crippen molar-refractivity contribution in [3.8, 4) is 0 Å². The maximum absolute atomic E-state index is 11.9. The molecule has 1 aliphatic rings. The molecule has 1 amide bonds. The van der Waals surface area contributed by atoms with E-state index in [9.17, 15) is 4.79 Å². The highest BCUT2D eigenvalue weighted by atomic mass is 32.2. The fraction of sp³-hybridized carbons (Fsp3) is 0.350. The van der Waals surface area contributed by atoms with Gasteiger partial charge in [-0.05, 0) is 42.4 Å². The van der Waals surface area contributed by atoms with Crippen molar-refractivity contribution in [3.05, 3.63) is 53.1 Å². The topological polar surface area (TPSA) is 58.4 Å². The predicted octanol–water partition coefficient (Wildman–Crippen LogP) is 3.59. The molecule has 2 aromatic carbocycles. The van der Waals surface area contributed by atoms with Crippen LogP contribution in [0.25, 0.3) is 0 Å². The molecule has 2 aromatic rings. The van der Waals surface area contributed by atoms with Gasteiger partial charge < -0.3 is 16.0 Å². The van der Waals surface area contributed by atoms with Crippen LogP contribution in [-0.2, 0) is 6.42 Å². The first-order valence-corrected chi connectivity index (χ1v) is 9.63. The molecule has 0 saturated heterocycles.